The summed E-state index contributed by atoms with van der Waals surface area (Å²) < 4.78 is 71.4. The number of alkyl halides is 3. The number of non-ortho nitro benzene ring substituents is 1. The molecular weight excluding hydrogens is 427 g/mol. The molecule has 0 atom stereocenters. The summed E-state index contributed by atoms with van der Waals surface area (Å²) in [6.07, 6.45) is -4.77. The fraction of sp³-hybridized carbons (Fsp3) is 0.333. The predicted molar refractivity (Wildman–Crippen MR) is 101 cm³/mol. The van der Waals surface area contributed by atoms with Crippen molar-refractivity contribution < 1.29 is 31.2 Å². The molecule has 1 fully saturated rings. The minimum Gasteiger partial charge on any atom is -0.380 e. The lowest BCUT2D eigenvalue weighted by Crippen LogP contribution is -2.40. The SMILES string of the molecule is O=[N+]([O-])c1ccc(NCc2ccc(S(=O)(=O)N3CCOCC3)cc2)c(C(F)(F)F)c1. The second-order valence-electron chi connectivity index (χ2n) is 6.50. The Labute approximate surface area is 170 Å². The van der Waals surface area contributed by atoms with E-state index in [1.54, 1.807) is 0 Å². The first-order chi connectivity index (χ1) is 14.1. The second kappa shape index (κ2) is 8.58. The van der Waals surface area contributed by atoms with Gasteiger partial charge in [0.2, 0.25) is 10.0 Å². The molecule has 0 aromatic heterocycles. The molecule has 2 aromatic carbocycles. The van der Waals surface area contributed by atoms with Crippen LogP contribution in [-0.2, 0) is 27.5 Å². The molecule has 0 bridgehead atoms. The van der Waals surface area contributed by atoms with Gasteiger partial charge in [0.15, 0.2) is 0 Å². The zero-order valence-electron chi connectivity index (χ0n) is 15.6. The minimum absolute atomic E-state index is 0.0290. The summed E-state index contributed by atoms with van der Waals surface area (Å²) in [6.45, 7) is 1.12. The van der Waals surface area contributed by atoms with E-state index in [1.165, 1.54) is 28.6 Å². The normalized spacial score (nSPS) is 15.7. The smallest absolute Gasteiger partial charge is 0.380 e. The van der Waals surface area contributed by atoms with Gasteiger partial charge in [-0.25, -0.2) is 8.42 Å². The molecule has 162 valence electrons. The molecule has 0 spiro atoms. The molecule has 1 aliphatic heterocycles. The fourth-order valence-corrected chi connectivity index (χ4v) is 4.36. The first kappa shape index (κ1) is 22.0. The van der Waals surface area contributed by atoms with Crippen LogP contribution in [0.4, 0.5) is 24.5 Å². The number of rotatable bonds is 6. The van der Waals surface area contributed by atoms with Crippen LogP contribution in [-0.4, -0.2) is 43.9 Å². The van der Waals surface area contributed by atoms with Gasteiger partial charge in [0.05, 0.1) is 28.6 Å². The third-order valence-electron chi connectivity index (χ3n) is 4.53. The molecule has 3 rings (SSSR count). The lowest BCUT2D eigenvalue weighted by molar-refractivity contribution is -0.385. The number of benzene rings is 2. The summed E-state index contributed by atoms with van der Waals surface area (Å²) in [5, 5.41) is 13.4. The molecule has 1 heterocycles. The predicted octanol–water partition coefficient (Wildman–Crippen LogP) is 3.25. The molecule has 30 heavy (non-hydrogen) atoms. The van der Waals surface area contributed by atoms with Crippen molar-refractivity contribution in [1.82, 2.24) is 4.31 Å². The highest BCUT2D eigenvalue weighted by atomic mass is 32.2. The van der Waals surface area contributed by atoms with Crippen molar-refractivity contribution in [2.24, 2.45) is 0 Å². The summed E-state index contributed by atoms with van der Waals surface area (Å²) in [4.78, 5) is 9.94. The van der Waals surface area contributed by atoms with Crippen LogP contribution in [0.3, 0.4) is 0 Å². The number of halogens is 3. The summed E-state index contributed by atoms with van der Waals surface area (Å²) >= 11 is 0. The van der Waals surface area contributed by atoms with Crippen molar-refractivity contribution in [2.45, 2.75) is 17.6 Å². The van der Waals surface area contributed by atoms with Gasteiger partial charge in [-0.3, -0.25) is 10.1 Å². The number of anilines is 1. The van der Waals surface area contributed by atoms with Crippen LogP contribution in [0.5, 0.6) is 0 Å². The number of nitrogens with one attached hydrogen (secondary N) is 1. The van der Waals surface area contributed by atoms with Gasteiger partial charge in [-0.15, -0.1) is 0 Å². The van der Waals surface area contributed by atoms with Crippen molar-refractivity contribution in [1.29, 1.82) is 0 Å². The number of ether oxygens (including phenoxy) is 1. The van der Waals surface area contributed by atoms with E-state index in [9.17, 15) is 31.7 Å². The Kier molecular flexibility index (Phi) is 6.29. The van der Waals surface area contributed by atoms with Gasteiger partial charge in [-0.2, -0.15) is 17.5 Å². The molecular formula is C18H18F3N3O5S. The molecule has 1 aliphatic rings. The summed E-state index contributed by atoms with van der Waals surface area (Å²) in [7, 11) is -3.66. The first-order valence-corrected chi connectivity index (χ1v) is 10.3. The molecule has 0 unspecified atom stereocenters. The molecule has 0 amide bonds. The largest absolute Gasteiger partial charge is 0.418 e. The van der Waals surface area contributed by atoms with E-state index < -0.39 is 32.4 Å². The van der Waals surface area contributed by atoms with Gasteiger partial charge in [-0.1, -0.05) is 12.1 Å². The maximum atomic E-state index is 13.2. The molecule has 8 nitrogen and oxygen atoms in total. The third-order valence-corrected chi connectivity index (χ3v) is 6.45. The summed E-state index contributed by atoms with van der Waals surface area (Å²) in [5.41, 5.74) is -1.57. The van der Waals surface area contributed by atoms with E-state index >= 15 is 0 Å². The number of morpholine rings is 1. The standard InChI is InChI=1S/C18H18F3N3O5S/c19-18(20,21)16-11-14(24(25)26)3-6-17(16)22-12-13-1-4-15(5-2-13)30(27,28)23-7-9-29-10-8-23/h1-6,11,22H,7-10,12H2. The Hall–Kier alpha value is -2.70. The highest BCUT2D eigenvalue weighted by Crippen LogP contribution is 2.37. The van der Waals surface area contributed by atoms with E-state index in [4.69, 9.17) is 4.74 Å². The number of hydrogen-bond donors (Lipinski definition) is 1. The van der Waals surface area contributed by atoms with Crippen molar-refractivity contribution in [3.8, 4) is 0 Å². The zero-order valence-corrected chi connectivity index (χ0v) is 16.4. The third kappa shape index (κ3) is 4.89. The van der Waals surface area contributed by atoms with E-state index in [1.807, 2.05) is 0 Å². The molecule has 0 radical (unpaired) electrons. The summed E-state index contributed by atoms with van der Waals surface area (Å²) in [6, 6.07) is 8.23. The quantitative estimate of drug-likeness (QED) is 0.541. The molecule has 2 aromatic rings. The van der Waals surface area contributed by atoms with Crippen molar-refractivity contribution in [3.05, 3.63) is 63.7 Å². The van der Waals surface area contributed by atoms with Crippen molar-refractivity contribution in [2.75, 3.05) is 31.6 Å². The van der Waals surface area contributed by atoms with E-state index in [0.29, 0.717) is 24.8 Å². The number of hydrogen-bond acceptors (Lipinski definition) is 6. The molecule has 0 aliphatic carbocycles. The van der Waals surface area contributed by atoms with Crippen LogP contribution in [0, 0.1) is 10.1 Å². The Morgan fingerprint density at radius 3 is 2.30 bits per heavy atom. The molecule has 12 heteroatoms. The molecule has 0 saturated carbocycles. The number of sulfonamides is 1. The van der Waals surface area contributed by atoms with Crippen LogP contribution in [0.15, 0.2) is 47.4 Å². The van der Waals surface area contributed by atoms with Crippen LogP contribution in [0.25, 0.3) is 0 Å². The maximum absolute atomic E-state index is 13.2. The topological polar surface area (TPSA) is 102 Å². The minimum atomic E-state index is -4.77. The molecule has 1 N–H and O–H groups in total. The Bertz CT molecular complexity index is 1020. The lowest BCUT2D eigenvalue weighted by Gasteiger charge is -2.26. The van der Waals surface area contributed by atoms with Crippen LogP contribution < -0.4 is 5.32 Å². The Morgan fingerprint density at radius 1 is 1.10 bits per heavy atom. The van der Waals surface area contributed by atoms with Crippen LogP contribution in [0.2, 0.25) is 0 Å². The van der Waals surface area contributed by atoms with Gasteiger partial charge in [-0.05, 0) is 23.8 Å². The molecule has 1 saturated heterocycles. The van der Waals surface area contributed by atoms with Crippen molar-refractivity contribution >= 4 is 21.4 Å². The van der Waals surface area contributed by atoms with Gasteiger partial charge in [0.25, 0.3) is 5.69 Å². The Morgan fingerprint density at radius 2 is 1.73 bits per heavy atom. The zero-order chi connectivity index (χ0) is 21.9. The lowest BCUT2D eigenvalue weighted by atomic mass is 10.1. The number of nitro groups is 1. The summed E-state index contributed by atoms with van der Waals surface area (Å²) in [5.74, 6) is 0. The fourth-order valence-electron chi connectivity index (χ4n) is 2.95. The average molecular weight is 445 g/mol. The second-order valence-corrected chi connectivity index (χ2v) is 8.44. The first-order valence-electron chi connectivity index (χ1n) is 8.85. The van der Waals surface area contributed by atoms with E-state index in [0.717, 1.165) is 12.1 Å². The Balaban J connectivity index is 1.75. The van der Waals surface area contributed by atoms with Gasteiger partial charge >= 0.3 is 6.18 Å². The number of nitro benzene ring substituents is 1. The van der Waals surface area contributed by atoms with Gasteiger partial charge in [0.1, 0.15) is 0 Å². The highest BCUT2D eigenvalue weighted by Gasteiger charge is 2.35. The van der Waals surface area contributed by atoms with Crippen LogP contribution >= 0.6 is 0 Å². The average Bonchev–Trinajstić information content (AvgIpc) is 2.72. The number of nitrogens with zero attached hydrogens (tertiary/aromatic N) is 2. The maximum Gasteiger partial charge on any atom is 0.418 e. The monoisotopic (exact) mass is 445 g/mol. The van der Waals surface area contributed by atoms with E-state index in [2.05, 4.69) is 5.32 Å². The van der Waals surface area contributed by atoms with Gasteiger partial charge in [0, 0.05) is 37.5 Å². The van der Waals surface area contributed by atoms with Crippen LogP contribution in [0.1, 0.15) is 11.1 Å². The van der Waals surface area contributed by atoms with E-state index in [-0.39, 0.29) is 30.2 Å². The van der Waals surface area contributed by atoms with Gasteiger partial charge < -0.3 is 10.1 Å². The highest BCUT2D eigenvalue weighted by molar-refractivity contribution is 7.89. The van der Waals surface area contributed by atoms with Crippen molar-refractivity contribution in [3.63, 3.8) is 0 Å².